The van der Waals surface area contributed by atoms with Crippen LogP contribution in [0.2, 0.25) is 0 Å². The zero-order chi connectivity index (χ0) is 22.3. The lowest BCUT2D eigenvalue weighted by Crippen LogP contribution is -2.37. The van der Waals surface area contributed by atoms with Crippen molar-refractivity contribution in [2.45, 2.75) is 51.5 Å². The van der Waals surface area contributed by atoms with Crippen molar-refractivity contribution in [3.63, 3.8) is 0 Å². The molecule has 1 fully saturated rings. The summed E-state index contributed by atoms with van der Waals surface area (Å²) in [6.45, 7) is 2.08. The number of allylic oxidation sites excluding steroid dienone is 1. The minimum absolute atomic E-state index is 0.594. The topological polar surface area (TPSA) is 42.2 Å². The highest BCUT2D eigenvalue weighted by Crippen LogP contribution is 2.34. The Morgan fingerprint density at radius 2 is 1.72 bits per heavy atom. The van der Waals surface area contributed by atoms with Crippen molar-refractivity contribution in [2.24, 2.45) is 11.8 Å². The van der Waals surface area contributed by atoms with Crippen molar-refractivity contribution in [3.05, 3.63) is 77.7 Å². The van der Waals surface area contributed by atoms with Gasteiger partial charge in [-0.15, -0.1) is 0 Å². The molecule has 0 radical (unpaired) electrons. The summed E-state index contributed by atoms with van der Waals surface area (Å²) in [7, 11) is 4.48. The third-order valence-corrected chi connectivity index (χ3v) is 6.86. The Hall–Kier alpha value is -2.72. The van der Waals surface area contributed by atoms with Crippen LogP contribution in [-0.4, -0.2) is 35.2 Å². The molecular weight excluding hydrogens is 394 g/mol. The molecule has 1 aromatic heterocycles. The molecule has 4 heteroatoms. The van der Waals surface area contributed by atoms with Crippen molar-refractivity contribution in [1.29, 1.82) is 0 Å². The maximum Gasteiger partial charge on any atom is 0.250 e. The first-order valence-electron chi connectivity index (χ1n) is 11.9. The number of nitrogens with zero attached hydrogens (tertiary/aromatic N) is 3. The van der Waals surface area contributed by atoms with E-state index in [1.54, 1.807) is 0 Å². The van der Waals surface area contributed by atoms with Gasteiger partial charge in [0.25, 0.3) is 5.89 Å². The van der Waals surface area contributed by atoms with E-state index in [1.807, 2.05) is 18.2 Å². The third kappa shape index (κ3) is 5.95. The van der Waals surface area contributed by atoms with Crippen LogP contribution in [0.4, 0.5) is 0 Å². The average molecular weight is 430 g/mol. The predicted octanol–water partition coefficient (Wildman–Crippen LogP) is 6.43. The Balaban J connectivity index is 1.29. The second-order valence-electron chi connectivity index (χ2n) is 9.41. The molecule has 0 amide bonds. The van der Waals surface area contributed by atoms with E-state index >= 15 is 0 Å². The third-order valence-electron chi connectivity index (χ3n) is 6.86. The molecule has 3 aromatic rings. The minimum atomic E-state index is 0.594. The lowest BCUT2D eigenvalue weighted by atomic mass is 9.76. The molecule has 0 spiro atoms. The first-order chi connectivity index (χ1) is 15.6. The highest BCUT2D eigenvalue weighted by Gasteiger charge is 2.28. The first-order valence-corrected chi connectivity index (χ1v) is 11.9. The molecule has 0 saturated heterocycles. The van der Waals surface area contributed by atoms with Crippen LogP contribution in [0.1, 0.15) is 49.1 Å². The fourth-order valence-corrected chi connectivity index (χ4v) is 4.94. The molecule has 1 unspecified atom stereocenters. The van der Waals surface area contributed by atoms with Gasteiger partial charge in [0.2, 0.25) is 5.82 Å². The summed E-state index contributed by atoms with van der Waals surface area (Å²) < 4.78 is 5.45. The Bertz CT molecular complexity index is 983. The van der Waals surface area contributed by atoms with Crippen LogP contribution in [0.25, 0.3) is 17.5 Å². The van der Waals surface area contributed by atoms with Crippen LogP contribution in [0.15, 0.2) is 65.2 Å². The fourth-order valence-electron chi connectivity index (χ4n) is 4.94. The lowest BCUT2D eigenvalue weighted by molar-refractivity contribution is 0.150. The largest absolute Gasteiger partial charge is 0.334 e. The number of benzene rings is 2. The first kappa shape index (κ1) is 22.5. The molecule has 0 N–H and O–H groups in total. The van der Waals surface area contributed by atoms with E-state index in [1.165, 1.54) is 43.2 Å². The van der Waals surface area contributed by atoms with E-state index in [0.29, 0.717) is 23.7 Å². The predicted molar refractivity (Wildman–Crippen MR) is 131 cm³/mol. The molecule has 1 atom stereocenters. The molecule has 0 bridgehead atoms. The number of hydrogen-bond donors (Lipinski definition) is 0. The summed E-state index contributed by atoms with van der Waals surface area (Å²) in [5.74, 6) is 2.62. The van der Waals surface area contributed by atoms with Crippen LogP contribution in [0.5, 0.6) is 0 Å². The van der Waals surface area contributed by atoms with Crippen molar-refractivity contribution in [3.8, 4) is 11.4 Å². The summed E-state index contributed by atoms with van der Waals surface area (Å²) in [6, 6.07) is 19.7. The van der Waals surface area contributed by atoms with E-state index in [0.717, 1.165) is 17.9 Å². The smallest absolute Gasteiger partial charge is 0.250 e. The lowest BCUT2D eigenvalue weighted by Gasteiger charge is -2.37. The number of aromatic nitrogens is 2. The van der Waals surface area contributed by atoms with Gasteiger partial charge in [-0.25, -0.2) is 0 Å². The van der Waals surface area contributed by atoms with Gasteiger partial charge in [0, 0.05) is 11.6 Å². The van der Waals surface area contributed by atoms with E-state index in [2.05, 4.69) is 84.6 Å². The summed E-state index contributed by atoms with van der Waals surface area (Å²) >= 11 is 0. The molecule has 0 aliphatic heterocycles. The van der Waals surface area contributed by atoms with Crippen LogP contribution >= 0.6 is 0 Å². The second-order valence-corrected chi connectivity index (χ2v) is 9.41. The molecule has 4 rings (SSSR count). The normalized spacial score (nSPS) is 20.1. The van der Waals surface area contributed by atoms with Gasteiger partial charge >= 0.3 is 0 Å². The zero-order valence-corrected chi connectivity index (χ0v) is 19.6. The van der Waals surface area contributed by atoms with Gasteiger partial charge in [-0.05, 0) is 83.0 Å². The maximum absolute atomic E-state index is 5.45. The summed E-state index contributed by atoms with van der Waals surface area (Å²) in [6.07, 6.45) is 11.7. The highest BCUT2D eigenvalue weighted by molar-refractivity contribution is 5.56. The van der Waals surface area contributed by atoms with Crippen LogP contribution in [0.3, 0.4) is 0 Å². The fraction of sp³-hybridized carbons (Fsp3) is 0.429. The van der Waals surface area contributed by atoms with E-state index in [9.17, 15) is 0 Å². The summed E-state index contributed by atoms with van der Waals surface area (Å²) in [5.41, 5.74) is 3.66. The van der Waals surface area contributed by atoms with E-state index in [4.69, 9.17) is 4.52 Å². The quantitative estimate of drug-likeness (QED) is 0.414. The van der Waals surface area contributed by atoms with Crippen LogP contribution in [-0.2, 0) is 6.42 Å². The van der Waals surface area contributed by atoms with E-state index < -0.39 is 0 Å². The molecule has 4 nitrogen and oxygen atoms in total. The summed E-state index contributed by atoms with van der Waals surface area (Å²) in [5, 5.41) is 4.14. The van der Waals surface area contributed by atoms with Crippen molar-refractivity contribution in [2.75, 3.05) is 14.1 Å². The van der Waals surface area contributed by atoms with Crippen LogP contribution < -0.4 is 0 Å². The van der Waals surface area contributed by atoms with Gasteiger partial charge in [-0.3, -0.25) is 0 Å². The SMILES string of the molecule is Cc1ccc(-c2noc(/C=C/C3CCC(C(CCc4ccccc4)N(C)C)CC3)n2)cc1. The molecule has 1 saturated carbocycles. The minimum Gasteiger partial charge on any atom is -0.334 e. The van der Waals surface area contributed by atoms with Gasteiger partial charge in [-0.1, -0.05) is 71.4 Å². The number of rotatable bonds is 8. The molecule has 168 valence electrons. The molecule has 32 heavy (non-hydrogen) atoms. The monoisotopic (exact) mass is 429 g/mol. The van der Waals surface area contributed by atoms with Crippen LogP contribution in [0, 0.1) is 18.8 Å². The second kappa shape index (κ2) is 10.7. The molecule has 1 heterocycles. The molecule has 1 aliphatic rings. The Morgan fingerprint density at radius 3 is 2.41 bits per heavy atom. The maximum atomic E-state index is 5.45. The Morgan fingerprint density at radius 1 is 1.00 bits per heavy atom. The highest BCUT2D eigenvalue weighted by atomic mass is 16.5. The zero-order valence-electron chi connectivity index (χ0n) is 19.6. The Kier molecular flexibility index (Phi) is 7.54. The average Bonchev–Trinajstić information content (AvgIpc) is 3.29. The van der Waals surface area contributed by atoms with Crippen molar-refractivity contribution < 1.29 is 4.52 Å². The summed E-state index contributed by atoms with van der Waals surface area (Å²) in [4.78, 5) is 6.98. The van der Waals surface area contributed by atoms with Gasteiger partial charge in [-0.2, -0.15) is 4.98 Å². The van der Waals surface area contributed by atoms with Crippen molar-refractivity contribution >= 4 is 6.08 Å². The standard InChI is InChI=1S/C28H35N3O/c1-21-9-15-25(16-10-21)28-29-27(32-30-28)20-14-23-11-17-24(18-12-23)26(31(2)3)19-13-22-7-5-4-6-8-22/h4-10,14-16,20,23-24,26H,11-13,17-19H2,1-3H3/b20-14+. The molecule has 2 aromatic carbocycles. The van der Waals surface area contributed by atoms with E-state index in [-0.39, 0.29) is 0 Å². The molecular formula is C28H35N3O. The van der Waals surface area contributed by atoms with Gasteiger partial charge in [0.05, 0.1) is 0 Å². The van der Waals surface area contributed by atoms with Gasteiger partial charge in [0.1, 0.15) is 0 Å². The Labute approximate surface area is 192 Å². The molecule has 1 aliphatic carbocycles. The van der Waals surface area contributed by atoms with Crippen molar-refractivity contribution in [1.82, 2.24) is 15.0 Å². The number of aryl methyl sites for hydroxylation is 2. The van der Waals surface area contributed by atoms with Gasteiger partial charge in [0.15, 0.2) is 0 Å². The number of hydrogen-bond acceptors (Lipinski definition) is 4. The van der Waals surface area contributed by atoms with Gasteiger partial charge < -0.3 is 9.42 Å².